The number of methoxy groups -OCH3 is 3. The number of nitro groups is 1. The van der Waals surface area contributed by atoms with E-state index in [2.05, 4.69) is 0 Å². The Morgan fingerprint density at radius 2 is 1.85 bits per heavy atom. The maximum Gasteiger partial charge on any atom is 0.295 e. The molecule has 1 heterocycles. The van der Waals surface area contributed by atoms with Crippen LogP contribution in [0.15, 0.2) is 48.0 Å². The number of non-ortho nitro benzene ring substituents is 1. The van der Waals surface area contributed by atoms with Gasteiger partial charge in [-0.2, -0.15) is 0 Å². The van der Waals surface area contributed by atoms with Gasteiger partial charge >= 0.3 is 0 Å². The lowest BCUT2D eigenvalue weighted by Crippen LogP contribution is -2.31. The Labute approximate surface area is 190 Å². The zero-order valence-electron chi connectivity index (χ0n) is 18.4. The van der Waals surface area contributed by atoms with E-state index >= 15 is 0 Å². The van der Waals surface area contributed by atoms with E-state index in [0.29, 0.717) is 30.1 Å². The van der Waals surface area contributed by atoms with Crippen molar-refractivity contribution in [3.63, 3.8) is 0 Å². The van der Waals surface area contributed by atoms with Gasteiger partial charge in [0.1, 0.15) is 5.76 Å². The summed E-state index contributed by atoms with van der Waals surface area (Å²) in [6.45, 7) is 0.533. The van der Waals surface area contributed by atoms with E-state index < -0.39 is 28.4 Å². The largest absolute Gasteiger partial charge is 0.507 e. The molecule has 0 spiro atoms. The van der Waals surface area contributed by atoms with Gasteiger partial charge in [-0.05, 0) is 12.5 Å². The molecular weight excluding hydrogens is 432 g/mol. The Hall–Kier alpha value is -3.92. The molecule has 1 unspecified atom stereocenters. The van der Waals surface area contributed by atoms with Crippen molar-refractivity contribution >= 4 is 23.1 Å². The minimum Gasteiger partial charge on any atom is -0.507 e. The van der Waals surface area contributed by atoms with Gasteiger partial charge < -0.3 is 24.2 Å². The Balaban J connectivity index is 2.24. The summed E-state index contributed by atoms with van der Waals surface area (Å²) in [6, 6.07) is 9.26. The lowest BCUT2D eigenvalue weighted by Gasteiger charge is -2.27. The number of aliphatic hydroxyl groups excluding tert-OH is 1. The van der Waals surface area contributed by atoms with E-state index in [4.69, 9.17) is 14.2 Å². The summed E-state index contributed by atoms with van der Waals surface area (Å²) in [6.07, 6.45) is 0.448. The highest BCUT2D eigenvalue weighted by atomic mass is 16.6. The molecule has 174 valence electrons. The molecule has 0 aromatic heterocycles. The number of carbonyl (C=O) groups excluding carboxylic acids is 2. The van der Waals surface area contributed by atoms with Crippen LogP contribution in [-0.4, -0.2) is 61.1 Å². The second kappa shape index (κ2) is 10.1. The van der Waals surface area contributed by atoms with Crippen LogP contribution in [0.4, 0.5) is 5.69 Å². The number of likely N-dealkylation sites (tertiary alicyclic amines) is 1. The first-order chi connectivity index (χ1) is 15.8. The first kappa shape index (κ1) is 23.7. The molecule has 33 heavy (non-hydrogen) atoms. The van der Waals surface area contributed by atoms with Gasteiger partial charge in [-0.15, -0.1) is 0 Å². The van der Waals surface area contributed by atoms with Crippen LogP contribution in [0.2, 0.25) is 0 Å². The predicted molar refractivity (Wildman–Crippen MR) is 118 cm³/mol. The van der Waals surface area contributed by atoms with Crippen molar-refractivity contribution in [2.45, 2.75) is 12.5 Å². The average molecular weight is 456 g/mol. The topological polar surface area (TPSA) is 128 Å². The second-order valence-electron chi connectivity index (χ2n) is 7.23. The third-order valence-electron chi connectivity index (χ3n) is 5.35. The summed E-state index contributed by atoms with van der Waals surface area (Å²) in [7, 11) is 4.41. The SMILES string of the molecule is COCCCN1C(=O)C(=O)/C(=C(/O)c2cccc([N+](=O)[O-])c2)C1c1cccc(OC)c1OC. The molecule has 1 saturated heterocycles. The van der Waals surface area contributed by atoms with Crippen molar-refractivity contribution in [1.82, 2.24) is 4.90 Å². The van der Waals surface area contributed by atoms with Crippen molar-refractivity contribution in [3.05, 3.63) is 69.3 Å². The zero-order valence-corrected chi connectivity index (χ0v) is 18.4. The number of ketones is 1. The molecule has 3 rings (SSSR count). The normalized spacial score (nSPS) is 17.3. The summed E-state index contributed by atoms with van der Waals surface area (Å²) in [5.74, 6) is -1.53. The molecule has 2 aromatic carbocycles. The highest BCUT2D eigenvalue weighted by molar-refractivity contribution is 6.46. The summed E-state index contributed by atoms with van der Waals surface area (Å²) < 4.78 is 15.9. The van der Waals surface area contributed by atoms with Crippen molar-refractivity contribution < 1.29 is 33.8 Å². The van der Waals surface area contributed by atoms with E-state index in [1.807, 2.05) is 0 Å². The molecule has 0 saturated carbocycles. The van der Waals surface area contributed by atoms with Crippen LogP contribution in [0.5, 0.6) is 11.5 Å². The van der Waals surface area contributed by atoms with Crippen LogP contribution in [-0.2, 0) is 14.3 Å². The molecule has 1 aliphatic heterocycles. The van der Waals surface area contributed by atoms with E-state index in [9.17, 15) is 24.8 Å². The third-order valence-corrected chi connectivity index (χ3v) is 5.35. The van der Waals surface area contributed by atoms with Crippen molar-refractivity contribution in [1.29, 1.82) is 0 Å². The summed E-state index contributed by atoms with van der Waals surface area (Å²) in [5.41, 5.74) is 0.0276. The molecule has 1 N–H and O–H groups in total. The van der Waals surface area contributed by atoms with Gasteiger partial charge in [-0.25, -0.2) is 0 Å². The highest BCUT2D eigenvalue weighted by Gasteiger charge is 2.47. The highest BCUT2D eigenvalue weighted by Crippen LogP contribution is 2.45. The van der Waals surface area contributed by atoms with E-state index in [0.717, 1.165) is 6.07 Å². The van der Waals surface area contributed by atoms with Gasteiger partial charge in [-0.1, -0.05) is 24.3 Å². The lowest BCUT2D eigenvalue weighted by molar-refractivity contribution is -0.384. The number of hydrogen-bond donors (Lipinski definition) is 1. The fourth-order valence-corrected chi connectivity index (χ4v) is 3.86. The van der Waals surface area contributed by atoms with Gasteiger partial charge in [0.25, 0.3) is 17.4 Å². The molecule has 0 bridgehead atoms. The van der Waals surface area contributed by atoms with E-state index in [1.165, 1.54) is 44.4 Å². The summed E-state index contributed by atoms with van der Waals surface area (Å²) >= 11 is 0. The van der Waals surface area contributed by atoms with Crippen LogP contribution in [0, 0.1) is 10.1 Å². The fraction of sp³-hybridized carbons (Fsp3) is 0.304. The Kier molecular flexibility index (Phi) is 7.29. The van der Waals surface area contributed by atoms with Crippen molar-refractivity contribution in [3.8, 4) is 11.5 Å². The molecule has 2 aromatic rings. The summed E-state index contributed by atoms with van der Waals surface area (Å²) in [5, 5.41) is 22.3. The minimum absolute atomic E-state index is 0.0472. The van der Waals surface area contributed by atoms with Gasteiger partial charge in [0.05, 0.1) is 30.8 Å². The first-order valence-corrected chi connectivity index (χ1v) is 10.1. The van der Waals surface area contributed by atoms with Crippen LogP contribution in [0.3, 0.4) is 0 Å². The number of Topliss-reactive ketones (excluding diaryl/α,β-unsaturated/α-hetero) is 1. The van der Waals surface area contributed by atoms with E-state index in [-0.39, 0.29) is 23.4 Å². The lowest BCUT2D eigenvalue weighted by atomic mass is 9.94. The first-order valence-electron chi connectivity index (χ1n) is 10.1. The standard InChI is InChI=1S/C23H24N2O8/c1-31-12-6-11-24-19(16-9-5-10-17(32-2)22(16)33-3)18(21(27)23(24)28)20(26)14-7-4-8-15(13-14)25(29)30/h4-5,7-10,13,19,26H,6,11-12H2,1-3H3/b20-18+. The number of hydrogen-bond acceptors (Lipinski definition) is 8. The molecule has 1 aliphatic rings. The molecule has 1 fully saturated rings. The molecule has 10 nitrogen and oxygen atoms in total. The minimum atomic E-state index is -0.994. The van der Waals surface area contributed by atoms with E-state index in [1.54, 1.807) is 18.2 Å². The number of amides is 1. The number of ether oxygens (including phenoxy) is 3. The summed E-state index contributed by atoms with van der Waals surface area (Å²) in [4.78, 5) is 38.0. The fourth-order valence-electron chi connectivity index (χ4n) is 3.86. The quantitative estimate of drug-likeness (QED) is 0.152. The monoisotopic (exact) mass is 456 g/mol. The number of nitrogens with zero attached hydrogens (tertiary/aromatic N) is 2. The Bertz CT molecular complexity index is 1110. The number of para-hydroxylation sites is 1. The molecule has 0 radical (unpaired) electrons. The van der Waals surface area contributed by atoms with Crippen molar-refractivity contribution in [2.75, 3.05) is 34.5 Å². The molecule has 1 amide bonds. The zero-order chi connectivity index (χ0) is 24.1. The van der Waals surface area contributed by atoms with Gasteiger partial charge in [-0.3, -0.25) is 19.7 Å². The van der Waals surface area contributed by atoms with Gasteiger partial charge in [0.2, 0.25) is 0 Å². The van der Waals surface area contributed by atoms with Crippen LogP contribution >= 0.6 is 0 Å². The molecule has 0 aliphatic carbocycles. The molecule has 1 atom stereocenters. The number of rotatable bonds is 9. The maximum absolute atomic E-state index is 13.1. The van der Waals surface area contributed by atoms with Gasteiger partial charge in [0, 0.05) is 43.5 Å². The Morgan fingerprint density at radius 3 is 2.48 bits per heavy atom. The predicted octanol–water partition coefficient (Wildman–Crippen LogP) is 3.07. The van der Waals surface area contributed by atoms with Crippen LogP contribution in [0.1, 0.15) is 23.6 Å². The number of benzene rings is 2. The maximum atomic E-state index is 13.1. The third kappa shape index (κ3) is 4.51. The van der Waals surface area contributed by atoms with Crippen LogP contribution < -0.4 is 9.47 Å². The van der Waals surface area contributed by atoms with Crippen molar-refractivity contribution in [2.24, 2.45) is 0 Å². The number of nitro benzene ring substituents is 1. The molecule has 10 heteroatoms. The number of aliphatic hydroxyl groups is 1. The average Bonchev–Trinajstić information content (AvgIpc) is 3.08. The van der Waals surface area contributed by atoms with Crippen LogP contribution in [0.25, 0.3) is 5.76 Å². The molecular formula is C23H24N2O8. The number of carbonyl (C=O) groups is 2. The second-order valence-corrected chi connectivity index (χ2v) is 7.23. The Morgan fingerprint density at radius 1 is 1.12 bits per heavy atom. The smallest absolute Gasteiger partial charge is 0.295 e. The van der Waals surface area contributed by atoms with Gasteiger partial charge in [0.15, 0.2) is 11.5 Å².